The Morgan fingerprint density at radius 3 is 2.14 bits per heavy atom. The van der Waals surface area contributed by atoms with Crippen molar-refractivity contribution in [2.24, 2.45) is 22.9 Å². The lowest BCUT2D eigenvalue weighted by atomic mass is 9.55. The maximum absolute atomic E-state index is 15.2. The smallest absolute Gasteiger partial charge is 0.417 e. The number of ether oxygens (including phenoxy) is 6. The highest BCUT2D eigenvalue weighted by Gasteiger charge is 2.66. The number of carbonyl (C=O) groups is 2. The molecule has 1 heterocycles. The minimum atomic E-state index is -1.82. The molecule has 1 aliphatic heterocycles. The van der Waals surface area contributed by atoms with Gasteiger partial charge in [0.25, 0.3) is 11.4 Å². The summed E-state index contributed by atoms with van der Waals surface area (Å²) in [6.07, 6.45) is 5.26. The molecule has 0 radical (unpaired) electrons. The molecule has 2 aliphatic carbocycles. The molecule has 20 nitrogen and oxygen atoms in total. The van der Waals surface area contributed by atoms with Crippen LogP contribution in [0.5, 0.6) is 28.7 Å². The average Bonchev–Trinajstić information content (AvgIpc) is 3.25. The summed E-state index contributed by atoms with van der Waals surface area (Å²) in [5.41, 5.74) is 2.70. The van der Waals surface area contributed by atoms with Gasteiger partial charge in [0.1, 0.15) is 47.2 Å². The van der Waals surface area contributed by atoms with Crippen molar-refractivity contribution in [2.75, 3.05) is 39.4 Å². The third-order valence-electron chi connectivity index (χ3n) is 14.2. The van der Waals surface area contributed by atoms with E-state index in [0.29, 0.717) is 89.4 Å². The van der Waals surface area contributed by atoms with Gasteiger partial charge in [0.05, 0.1) is 48.0 Å². The summed E-state index contributed by atoms with van der Waals surface area (Å²) < 4.78 is 51.8. The van der Waals surface area contributed by atoms with Gasteiger partial charge in [-0.15, -0.1) is 6.58 Å². The number of oxime groups is 1. The summed E-state index contributed by atoms with van der Waals surface area (Å²) in [6, 6.07) is 25.0. The summed E-state index contributed by atoms with van der Waals surface area (Å²) in [5, 5.41) is 50.8. The Kier molecular flexibility index (Phi) is 18.3. The number of fused-ring (bicyclic) bond motifs is 2. The highest BCUT2D eigenvalue weighted by atomic mass is 19.1. The summed E-state index contributed by atoms with van der Waals surface area (Å²) in [5.74, 6) is -2.91. The topological polar surface area (TPSA) is 253 Å². The van der Waals surface area contributed by atoms with Crippen LogP contribution in [-0.4, -0.2) is 88.7 Å². The molecule has 0 bridgehead atoms. The molecule has 5 aromatic rings. The fraction of sp³-hybridized carbons (Fsp3) is 0.351. The number of allylic oxidation sites excluding steroid dienone is 1. The summed E-state index contributed by atoms with van der Waals surface area (Å²) in [6.45, 7) is 3.48. The zero-order chi connectivity index (χ0) is 55.3. The Morgan fingerprint density at radius 1 is 0.833 bits per heavy atom. The zero-order valence-electron chi connectivity index (χ0n) is 43.0. The Labute approximate surface area is 448 Å². The molecular weight excluding hydrogens is 1010 g/mol. The van der Waals surface area contributed by atoms with Crippen molar-refractivity contribution in [3.05, 3.63) is 176 Å². The number of nitro groups is 2. The molecule has 6 unspecified atom stereocenters. The molecule has 1 saturated carbocycles. The van der Waals surface area contributed by atoms with Gasteiger partial charge in [0, 0.05) is 68.0 Å². The fourth-order valence-electron chi connectivity index (χ4n) is 10.6. The number of nitro benzene ring substituents is 2. The number of hydrogen-bond donors (Lipinski definition) is 3. The van der Waals surface area contributed by atoms with Crippen molar-refractivity contribution in [1.82, 2.24) is 4.90 Å². The molecule has 6 atom stereocenters. The first-order chi connectivity index (χ1) is 37.8. The van der Waals surface area contributed by atoms with E-state index in [9.17, 15) is 39.6 Å². The number of nitrogens with one attached hydrogen (secondary N) is 1. The van der Waals surface area contributed by atoms with Crippen LogP contribution in [-0.2, 0) is 22.7 Å². The normalized spacial score (nSPS) is 20.4. The lowest BCUT2D eigenvalue weighted by Gasteiger charge is -2.59. The lowest BCUT2D eigenvalue weighted by molar-refractivity contribution is -0.385. The molecule has 78 heavy (non-hydrogen) atoms. The van der Waals surface area contributed by atoms with Crippen LogP contribution in [0.25, 0.3) is 0 Å². The maximum Gasteiger partial charge on any atom is 0.417 e. The van der Waals surface area contributed by atoms with Crippen LogP contribution in [0.4, 0.5) is 31.0 Å². The molecule has 21 heteroatoms. The predicted molar refractivity (Wildman–Crippen MR) is 283 cm³/mol. The molecule has 2 amide bonds. The van der Waals surface area contributed by atoms with Crippen LogP contribution >= 0.6 is 0 Å². The van der Waals surface area contributed by atoms with E-state index in [0.717, 1.165) is 0 Å². The van der Waals surface area contributed by atoms with Gasteiger partial charge < -0.3 is 43.5 Å². The number of unbranched alkanes of at least 4 members (excludes halogenated alkanes) is 2. The van der Waals surface area contributed by atoms with Crippen molar-refractivity contribution < 1.29 is 67.3 Å². The summed E-state index contributed by atoms with van der Waals surface area (Å²) in [7, 11) is 2.96. The van der Waals surface area contributed by atoms with E-state index in [4.69, 9.17) is 38.4 Å². The van der Waals surface area contributed by atoms with Gasteiger partial charge in [0.2, 0.25) is 5.79 Å². The number of halogens is 1. The number of hydrogen-bond acceptors (Lipinski definition) is 16. The number of benzene rings is 5. The van der Waals surface area contributed by atoms with E-state index >= 15 is 4.79 Å². The van der Waals surface area contributed by atoms with E-state index in [2.05, 4.69) is 18.0 Å². The van der Waals surface area contributed by atoms with Crippen molar-refractivity contribution in [3.8, 4) is 28.7 Å². The molecule has 410 valence electrons. The highest BCUT2D eigenvalue weighted by Crippen LogP contribution is 2.62. The standard InChI is InChI=1S/C57H60FN5O15/c1-4-29-74-57-52(61(34-36-11-15-39(58)16-12-36)56(67)77-42-21-19-41(20-22-42)63(70)71)33-49(60-75-35-37-13-17-40(18-14-37)62(68)69)46-30-38(9-5-7-27-64)45(10-6-8-28-65)53(54(46)57)47-31-44(24-26-50(47)78-57)76-55(66)59-48-25-23-43(72-2)32-51(48)73-3/h4,11-26,30-32,38,45,52-54,64-65H,1,5-10,27-29,33-35H2,2-3H3,(H,59,66). The van der Waals surface area contributed by atoms with Gasteiger partial charge in [0.15, 0.2) is 0 Å². The molecule has 1 fully saturated rings. The van der Waals surface area contributed by atoms with Gasteiger partial charge in [-0.1, -0.05) is 42.3 Å². The number of aliphatic hydroxyl groups excluding tert-OH is 2. The van der Waals surface area contributed by atoms with Crippen molar-refractivity contribution in [2.45, 2.75) is 75.8 Å². The number of aliphatic hydroxyl groups is 2. The average molecular weight is 1070 g/mol. The third-order valence-corrected chi connectivity index (χ3v) is 14.2. The number of anilines is 1. The number of rotatable bonds is 24. The maximum atomic E-state index is 15.2. The first kappa shape index (κ1) is 55.8. The Hall–Kier alpha value is -8.40. The summed E-state index contributed by atoms with van der Waals surface area (Å²) >= 11 is 0. The van der Waals surface area contributed by atoms with Gasteiger partial charge in [-0.25, -0.2) is 14.0 Å². The van der Waals surface area contributed by atoms with Crippen LogP contribution in [0.1, 0.15) is 67.6 Å². The Balaban J connectivity index is 1.31. The van der Waals surface area contributed by atoms with E-state index in [-0.39, 0.29) is 74.1 Å². The van der Waals surface area contributed by atoms with E-state index in [1.807, 2.05) is 0 Å². The fourth-order valence-corrected chi connectivity index (χ4v) is 10.6. The first-order valence-corrected chi connectivity index (χ1v) is 25.4. The van der Waals surface area contributed by atoms with E-state index in [1.165, 1.54) is 79.8 Å². The number of carbonyl (C=O) groups excluding carboxylic acids is 2. The third kappa shape index (κ3) is 12.7. The quantitative estimate of drug-likeness (QED) is 0.0225. The second-order valence-corrected chi connectivity index (χ2v) is 18.9. The lowest BCUT2D eigenvalue weighted by Crippen LogP contribution is -2.70. The van der Waals surface area contributed by atoms with Crippen LogP contribution in [0.3, 0.4) is 0 Å². The number of non-ortho nitro benzene ring substituents is 2. The molecule has 3 N–H and O–H groups in total. The van der Waals surface area contributed by atoms with Crippen molar-refractivity contribution in [1.29, 1.82) is 0 Å². The monoisotopic (exact) mass is 1070 g/mol. The predicted octanol–water partition coefficient (Wildman–Crippen LogP) is 10.8. The van der Waals surface area contributed by atoms with Crippen molar-refractivity contribution >= 4 is 35.0 Å². The first-order valence-electron chi connectivity index (χ1n) is 25.4. The van der Waals surface area contributed by atoms with Gasteiger partial charge in [-0.3, -0.25) is 30.4 Å². The van der Waals surface area contributed by atoms with Crippen LogP contribution in [0, 0.1) is 43.8 Å². The molecule has 0 spiro atoms. The zero-order valence-corrected chi connectivity index (χ0v) is 43.0. The molecule has 0 saturated heterocycles. The number of methoxy groups -OCH3 is 2. The van der Waals surface area contributed by atoms with Crippen LogP contribution in [0.2, 0.25) is 0 Å². The van der Waals surface area contributed by atoms with E-state index in [1.54, 1.807) is 54.6 Å². The van der Waals surface area contributed by atoms with Crippen LogP contribution < -0.4 is 29.0 Å². The minimum Gasteiger partial charge on any atom is -0.497 e. The van der Waals surface area contributed by atoms with Crippen molar-refractivity contribution in [3.63, 3.8) is 0 Å². The number of nitrogens with zero attached hydrogens (tertiary/aromatic N) is 4. The second kappa shape index (κ2) is 25.6. The Bertz CT molecular complexity index is 3010. The Morgan fingerprint density at radius 2 is 1.49 bits per heavy atom. The molecule has 0 aromatic heterocycles. The molecular formula is C57H60FN5O15. The van der Waals surface area contributed by atoms with Crippen LogP contribution in [0.15, 0.2) is 139 Å². The van der Waals surface area contributed by atoms with Gasteiger partial charge >= 0.3 is 12.2 Å². The van der Waals surface area contributed by atoms with Gasteiger partial charge in [-0.05, 0) is 121 Å². The molecule has 8 rings (SSSR count). The second-order valence-electron chi connectivity index (χ2n) is 18.9. The van der Waals surface area contributed by atoms with E-state index < -0.39 is 51.5 Å². The molecule has 3 aliphatic rings. The molecule has 5 aromatic carbocycles. The SMILES string of the molecule is C=CCOC12Oc3ccc(OC(=O)Nc4ccc(OC)cc4OC)cc3C3C(CCCCO)C(CCCCO)C=C(C(=NOCc4ccc([N+](=O)[O-])cc4)CC1N(Cc1ccc(F)cc1)C(=O)Oc1ccc([N+](=O)[O-])cc1)C32. The number of amides is 2. The highest BCUT2D eigenvalue weighted by molar-refractivity contribution is 6.03. The van der Waals surface area contributed by atoms with Gasteiger partial charge in [-0.2, -0.15) is 0 Å². The largest absolute Gasteiger partial charge is 0.497 e. The summed E-state index contributed by atoms with van der Waals surface area (Å²) in [4.78, 5) is 58.5. The minimum absolute atomic E-state index is 0.0189.